The highest BCUT2D eigenvalue weighted by atomic mass is 19.3. The Morgan fingerprint density at radius 2 is 2.05 bits per heavy atom. The average Bonchev–Trinajstić information content (AvgIpc) is 2.43. The summed E-state index contributed by atoms with van der Waals surface area (Å²) in [5.41, 5.74) is 0.271. The van der Waals surface area contributed by atoms with E-state index in [1.54, 1.807) is 18.2 Å². The summed E-state index contributed by atoms with van der Waals surface area (Å²) in [4.78, 5) is 14.1. The lowest BCUT2D eigenvalue weighted by Gasteiger charge is -2.29. The van der Waals surface area contributed by atoms with Gasteiger partial charge in [0.2, 0.25) is 5.91 Å². The van der Waals surface area contributed by atoms with E-state index in [9.17, 15) is 13.6 Å². The molecule has 1 aliphatic rings. The van der Waals surface area contributed by atoms with Gasteiger partial charge < -0.3 is 10.1 Å². The van der Waals surface area contributed by atoms with Gasteiger partial charge in [-0.25, -0.2) is 0 Å². The number of hydrogen-bond acceptors (Lipinski definition) is 3. The summed E-state index contributed by atoms with van der Waals surface area (Å²) < 4.78 is 29.0. The highest BCUT2D eigenvalue weighted by Gasteiger charge is 2.18. The van der Waals surface area contributed by atoms with Crippen molar-refractivity contribution in [1.82, 2.24) is 4.90 Å². The van der Waals surface area contributed by atoms with Crippen molar-refractivity contribution in [3.05, 3.63) is 24.3 Å². The molecular weight excluding hydrogens is 278 g/mol. The second-order valence-corrected chi connectivity index (χ2v) is 5.38. The summed E-state index contributed by atoms with van der Waals surface area (Å²) >= 11 is 0. The van der Waals surface area contributed by atoms with Gasteiger partial charge in [0.15, 0.2) is 0 Å². The molecule has 1 saturated heterocycles. The van der Waals surface area contributed by atoms with Gasteiger partial charge in [0.05, 0.1) is 12.2 Å². The molecule has 0 spiro atoms. The van der Waals surface area contributed by atoms with Crippen LogP contribution in [0.5, 0.6) is 5.75 Å². The standard InChI is InChI=1S/C15H20F2N2O2/c1-11-6-8-19(9-7-11)10-14(20)18-12-4-2-3-5-13(12)21-15(16)17/h2-5,11,15H,6-10H2,1H3,(H,18,20). The molecule has 1 aromatic carbocycles. The number of rotatable bonds is 5. The van der Waals surface area contributed by atoms with Gasteiger partial charge in [0.1, 0.15) is 5.75 Å². The summed E-state index contributed by atoms with van der Waals surface area (Å²) in [5, 5.41) is 2.64. The molecule has 1 fully saturated rings. The lowest BCUT2D eigenvalue weighted by atomic mass is 9.99. The number of carbonyl (C=O) groups is 1. The van der Waals surface area contributed by atoms with Crippen LogP contribution >= 0.6 is 0 Å². The number of para-hydroxylation sites is 2. The highest BCUT2D eigenvalue weighted by Crippen LogP contribution is 2.25. The Morgan fingerprint density at radius 3 is 2.71 bits per heavy atom. The van der Waals surface area contributed by atoms with Crippen LogP contribution in [0.1, 0.15) is 19.8 Å². The molecule has 21 heavy (non-hydrogen) atoms. The van der Waals surface area contributed by atoms with Gasteiger partial charge in [-0.15, -0.1) is 0 Å². The third-order valence-electron chi connectivity index (χ3n) is 3.62. The van der Waals surface area contributed by atoms with E-state index in [1.165, 1.54) is 6.07 Å². The first-order valence-corrected chi connectivity index (χ1v) is 7.10. The Balaban J connectivity index is 1.90. The Bertz CT molecular complexity index is 474. The first-order chi connectivity index (χ1) is 10.0. The number of benzene rings is 1. The molecule has 116 valence electrons. The number of likely N-dealkylation sites (tertiary alicyclic amines) is 1. The third kappa shape index (κ3) is 4.97. The van der Waals surface area contributed by atoms with E-state index in [0.717, 1.165) is 25.9 Å². The third-order valence-corrected chi connectivity index (χ3v) is 3.62. The highest BCUT2D eigenvalue weighted by molar-refractivity contribution is 5.93. The van der Waals surface area contributed by atoms with Crippen LogP contribution in [0.3, 0.4) is 0 Å². The van der Waals surface area contributed by atoms with E-state index in [2.05, 4.69) is 21.9 Å². The second kappa shape index (κ2) is 7.36. The molecule has 0 bridgehead atoms. The van der Waals surface area contributed by atoms with E-state index < -0.39 is 6.61 Å². The number of nitrogens with one attached hydrogen (secondary N) is 1. The molecule has 4 nitrogen and oxygen atoms in total. The zero-order valence-electron chi connectivity index (χ0n) is 12.0. The molecule has 1 aliphatic heterocycles. The van der Waals surface area contributed by atoms with Crippen molar-refractivity contribution in [3.63, 3.8) is 0 Å². The van der Waals surface area contributed by atoms with E-state index in [4.69, 9.17) is 0 Å². The van der Waals surface area contributed by atoms with E-state index in [0.29, 0.717) is 5.92 Å². The quantitative estimate of drug-likeness (QED) is 0.908. The summed E-state index contributed by atoms with van der Waals surface area (Å²) in [6, 6.07) is 6.20. The Hall–Kier alpha value is -1.69. The monoisotopic (exact) mass is 298 g/mol. The fraction of sp³-hybridized carbons (Fsp3) is 0.533. The number of carbonyl (C=O) groups excluding carboxylic acids is 1. The molecule has 0 saturated carbocycles. The Kier molecular flexibility index (Phi) is 5.50. The van der Waals surface area contributed by atoms with Gasteiger partial charge in [0, 0.05) is 0 Å². The zero-order valence-corrected chi connectivity index (χ0v) is 12.0. The van der Waals surface area contributed by atoms with Crippen LogP contribution in [-0.2, 0) is 4.79 Å². The molecule has 0 aliphatic carbocycles. The lowest BCUT2D eigenvalue weighted by molar-refractivity contribution is -0.117. The van der Waals surface area contributed by atoms with Crippen LogP contribution in [-0.4, -0.2) is 37.1 Å². The number of halogens is 2. The minimum Gasteiger partial charge on any atom is -0.433 e. The molecule has 0 atom stereocenters. The molecule has 1 aromatic rings. The maximum atomic E-state index is 12.3. The molecule has 0 aromatic heterocycles. The lowest BCUT2D eigenvalue weighted by Crippen LogP contribution is -2.38. The zero-order chi connectivity index (χ0) is 15.2. The fourth-order valence-corrected chi connectivity index (χ4v) is 2.38. The van der Waals surface area contributed by atoms with Crippen molar-refractivity contribution < 1.29 is 18.3 Å². The molecule has 1 amide bonds. The van der Waals surface area contributed by atoms with Crippen molar-refractivity contribution in [1.29, 1.82) is 0 Å². The van der Waals surface area contributed by atoms with Crippen LogP contribution in [0, 0.1) is 5.92 Å². The maximum absolute atomic E-state index is 12.3. The van der Waals surface area contributed by atoms with Crippen LogP contribution in [0.25, 0.3) is 0 Å². The molecule has 1 N–H and O–H groups in total. The summed E-state index contributed by atoms with van der Waals surface area (Å²) in [6.07, 6.45) is 2.16. The van der Waals surface area contributed by atoms with Gasteiger partial charge in [-0.1, -0.05) is 19.1 Å². The Morgan fingerprint density at radius 1 is 1.38 bits per heavy atom. The minimum atomic E-state index is -2.91. The van der Waals surface area contributed by atoms with Crippen LogP contribution in [0.4, 0.5) is 14.5 Å². The second-order valence-electron chi connectivity index (χ2n) is 5.38. The molecular formula is C15H20F2N2O2. The molecule has 2 rings (SSSR count). The molecule has 0 unspecified atom stereocenters. The van der Waals surface area contributed by atoms with E-state index >= 15 is 0 Å². The first kappa shape index (κ1) is 15.7. The number of alkyl halides is 2. The number of ether oxygens (including phenoxy) is 1. The first-order valence-electron chi connectivity index (χ1n) is 7.10. The van der Waals surface area contributed by atoms with Crippen LogP contribution < -0.4 is 10.1 Å². The number of anilines is 1. The smallest absolute Gasteiger partial charge is 0.387 e. The SMILES string of the molecule is CC1CCN(CC(=O)Nc2ccccc2OC(F)F)CC1. The molecule has 6 heteroatoms. The Labute approximate surface area is 123 Å². The van der Waals surface area contributed by atoms with E-state index in [-0.39, 0.29) is 23.9 Å². The molecule has 1 heterocycles. The maximum Gasteiger partial charge on any atom is 0.387 e. The van der Waals surface area contributed by atoms with Crippen molar-refractivity contribution in [3.8, 4) is 5.75 Å². The predicted molar refractivity (Wildman–Crippen MR) is 76.5 cm³/mol. The van der Waals surface area contributed by atoms with Gasteiger partial charge in [-0.2, -0.15) is 8.78 Å². The van der Waals surface area contributed by atoms with Crippen molar-refractivity contribution in [2.45, 2.75) is 26.4 Å². The fourth-order valence-electron chi connectivity index (χ4n) is 2.38. The normalized spacial score (nSPS) is 17.0. The number of hydrogen-bond donors (Lipinski definition) is 1. The van der Waals surface area contributed by atoms with Crippen molar-refractivity contribution in [2.75, 3.05) is 25.0 Å². The number of piperidine rings is 1. The van der Waals surface area contributed by atoms with Crippen LogP contribution in [0.2, 0.25) is 0 Å². The molecule has 0 radical (unpaired) electrons. The number of amides is 1. The summed E-state index contributed by atoms with van der Waals surface area (Å²) in [7, 11) is 0. The summed E-state index contributed by atoms with van der Waals surface area (Å²) in [5.74, 6) is 0.465. The van der Waals surface area contributed by atoms with E-state index in [1.807, 2.05) is 0 Å². The van der Waals surface area contributed by atoms with Crippen molar-refractivity contribution in [2.24, 2.45) is 5.92 Å². The van der Waals surface area contributed by atoms with Crippen molar-refractivity contribution >= 4 is 11.6 Å². The predicted octanol–water partition coefficient (Wildman–Crippen LogP) is 2.96. The minimum absolute atomic E-state index is 0.0203. The van der Waals surface area contributed by atoms with Gasteiger partial charge in [-0.05, 0) is 44.0 Å². The largest absolute Gasteiger partial charge is 0.433 e. The topological polar surface area (TPSA) is 41.6 Å². The average molecular weight is 298 g/mol. The van der Waals surface area contributed by atoms with Gasteiger partial charge in [0.25, 0.3) is 0 Å². The summed E-state index contributed by atoms with van der Waals surface area (Å²) in [6.45, 7) is 1.35. The van der Waals surface area contributed by atoms with Gasteiger partial charge in [-0.3, -0.25) is 9.69 Å². The number of nitrogens with zero attached hydrogens (tertiary/aromatic N) is 1. The van der Waals surface area contributed by atoms with Crippen LogP contribution in [0.15, 0.2) is 24.3 Å². The van der Waals surface area contributed by atoms with Gasteiger partial charge >= 0.3 is 6.61 Å².